The molecule has 0 unspecified atom stereocenters. The molecular weight excluding hydrogens is 368 g/mol. The highest BCUT2D eigenvalue weighted by molar-refractivity contribution is 8.00. The minimum absolute atomic E-state index is 0.198. The molecule has 1 aromatic carbocycles. The van der Waals surface area contributed by atoms with Crippen LogP contribution in [0, 0.1) is 0 Å². The Morgan fingerprint density at radius 1 is 1.11 bits per heavy atom. The first kappa shape index (κ1) is 18.7. The number of methoxy groups -OCH3 is 2. The molecule has 8 nitrogen and oxygen atoms in total. The first-order valence-electron chi connectivity index (χ1n) is 8.04. The molecular formula is C18H18N4O4S. The molecule has 0 aliphatic carbocycles. The molecule has 0 aliphatic heterocycles. The van der Waals surface area contributed by atoms with Crippen LogP contribution in [-0.2, 0) is 4.79 Å². The molecule has 0 saturated carbocycles. The summed E-state index contributed by atoms with van der Waals surface area (Å²) in [6.07, 6.45) is 3.29. The SMILES string of the molecule is COc1ccc(NC(=O)[C@H](C)Sc2nnc(-c3ccncc3)o2)cc1OC. The van der Waals surface area contributed by atoms with Gasteiger partial charge in [0, 0.05) is 29.7 Å². The molecule has 0 spiro atoms. The van der Waals surface area contributed by atoms with Crippen LogP contribution in [0.3, 0.4) is 0 Å². The van der Waals surface area contributed by atoms with Gasteiger partial charge in [-0.3, -0.25) is 9.78 Å². The van der Waals surface area contributed by atoms with Crippen LogP contribution in [0.2, 0.25) is 0 Å². The van der Waals surface area contributed by atoms with Crippen LogP contribution in [0.15, 0.2) is 52.4 Å². The Labute approximate surface area is 160 Å². The number of pyridine rings is 1. The Morgan fingerprint density at radius 2 is 1.85 bits per heavy atom. The van der Waals surface area contributed by atoms with Crippen molar-refractivity contribution in [1.29, 1.82) is 0 Å². The Balaban J connectivity index is 1.64. The second-order valence-electron chi connectivity index (χ2n) is 5.43. The van der Waals surface area contributed by atoms with Crippen LogP contribution in [0.25, 0.3) is 11.5 Å². The molecule has 2 aromatic heterocycles. The summed E-state index contributed by atoms with van der Waals surface area (Å²) in [6, 6.07) is 8.71. The number of nitrogens with one attached hydrogen (secondary N) is 1. The van der Waals surface area contributed by atoms with Crippen LogP contribution in [-0.4, -0.2) is 40.6 Å². The van der Waals surface area contributed by atoms with Crippen molar-refractivity contribution in [2.24, 2.45) is 0 Å². The lowest BCUT2D eigenvalue weighted by Gasteiger charge is -2.12. The average molecular weight is 386 g/mol. The number of hydrogen-bond acceptors (Lipinski definition) is 8. The molecule has 3 rings (SSSR count). The van der Waals surface area contributed by atoms with E-state index in [4.69, 9.17) is 13.9 Å². The lowest BCUT2D eigenvalue weighted by Crippen LogP contribution is -2.22. The number of carbonyl (C=O) groups excluding carboxylic acids is 1. The van der Waals surface area contributed by atoms with Crippen molar-refractivity contribution in [3.63, 3.8) is 0 Å². The molecule has 0 aliphatic rings. The van der Waals surface area contributed by atoms with Gasteiger partial charge in [-0.05, 0) is 31.2 Å². The quantitative estimate of drug-likeness (QED) is 0.618. The van der Waals surface area contributed by atoms with Crippen LogP contribution in [0.5, 0.6) is 11.5 Å². The van der Waals surface area contributed by atoms with Crippen LogP contribution < -0.4 is 14.8 Å². The number of ether oxygens (including phenoxy) is 2. The molecule has 1 atom stereocenters. The molecule has 1 amide bonds. The summed E-state index contributed by atoms with van der Waals surface area (Å²) in [6.45, 7) is 1.76. The van der Waals surface area contributed by atoms with Crippen LogP contribution >= 0.6 is 11.8 Å². The number of nitrogens with zero attached hydrogens (tertiary/aromatic N) is 3. The van der Waals surface area contributed by atoms with Gasteiger partial charge in [0.05, 0.1) is 19.5 Å². The van der Waals surface area contributed by atoms with Gasteiger partial charge in [-0.1, -0.05) is 11.8 Å². The van der Waals surface area contributed by atoms with Gasteiger partial charge in [-0.2, -0.15) is 0 Å². The first-order chi connectivity index (χ1) is 13.1. The van der Waals surface area contributed by atoms with E-state index >= 15 is 0 Å². The van der Waals surface area contributed by atoms with Crippen molar-refractivity contribution in [1.82, 2.24) is 15.2 Å². The van der Waals surface area contributed by atoms with E-state index in [9.17, 15) is 4.79 Å². The van der Waals surface area contributed by atoms with Gasteiger partial charge >= 0.3 is 0 Å². The van der Waals surface area contributed by atoms with Crippen LogP contribution in [0.4, 0.5) is 5.69 Å². The predicted octanol–water partition coefficient (Wildman–Crippen LogP) is 3.27. The maximum absolute atomic E-state index is 12.4. The molecule has 3 aromatic rings. The number of rotatable bonds is 7. The Morgan fingerprint density at radius 3 is 2.56 bits per heavy atom. The van der Waals surface area contributed by atoms with Gasteiger partial charge in [0.25, 0.3) is 5.22 Å². The monoisotopic (exact) mass is 386 g/mol. The van der Waals surface area contributed by atoms with E-state index in [1.165, 1.54) is 18.9 Å². The zero-order chi connectivity index (χ0) is 19.2. The van der Waals surface area contributed by atoms with E-state index < -0.39 is 5.25 Å². The minimum atomic E-state index is -0.441. The highest BCUT2D eigenvalue weighted by Gasteiger charge is 2.19. The normalized spacial score (nSPS) is 11.7. The zero-order valence-electron chi connectivity index (χ0n) is 15.0. The molecule has 27 heavy (non-hydrogen) atoms. The molecule has 0 bridgehead atoms. The van der Waals surface area contributed by atoms with E-state index in [0.29, 0.717) is 28.3 Å². The summed E-state index contributed by atoms with van der Waals surface area (Å²) < 4.78 is 16.0. The highest BCUT2D eigenvalue weighted by Crippen LogP contribution is 2.31. The first-order valence-corrected chi connectivity index (χ1v) is 8.92. The zero-order valence-corrected chi connectivity index (χ0v) is 15.8. The lowest BCUT2D eigenvalue weighted by atomic mass is 10.2. The summed E-state index contributed by atoms with van der Waals surface area (Å²) in [5.74, 6) is 1.31. The fraction of sp³-hybridized carbons (Fsp3) is 0.222. The number of amides is 1. The van der Waals surface area contributed by atoms with Gasteiger partial charge < -0.3 is 19.2 Å². The van der Waals surface area contributed by atoms with Gasteiger partial charge in [0.1, 0.15) is 0 Å². The highest BCUT2D eigenvalue weighted by atomic mass is 32.2. The average Bonchev–Trinajstić information content (AvgIpc) is 3.17. The largest absolute Gasteiger partial charge is 0.493 e. The van der Waals surface area contributed by atoms with Gasteiger partial charge in [-0.15, -0.1) is 10.2 Å². The van der Waals surface area contributed by atoms with Crippen molar-refractivity contribution in [3.05, 3.63) is 42.7 Å². The van der Waals surface area contributed by atoms with Crippen LogP contribution in [0.1, 0.15) is 6.92 Å². The number of anilines is 1. The predicted molar refractivity (Wildman–Crippen MR) is 101 cm³/mol. The number of hydrogen-bond donors (Lipinski definition) is 1. The molecule has 1 N–H and O–H groups in total. The molecule has 140 valence electrons. The minimum Gasteiger partial charge on any atom is -0.493 e. The third-order valence-corrected chi connectivity index (χ3v) is 4.57. The van der Waals surface area contributed by atoms with E-state index in [1.807, 2.05) is 0 Å². The molecule has 9 heteroatoms. The second-order valence-corrected chi connectivity index (χ2v) is 6.72. The van der Waals surface area contributed by atoms with E-state index in [2.05, 4.69) is 20.5 Å². The van der Waals surface area contributed by atoms with Gasteiger partial charge in [0.15, 0.2) is 11.5 Å². The van der Waals surface area contributed by atoms with Gasteiger partial charge in [-0.25, -0.2) is 0 Å². The van der Waals surface area contributed by atoms with Crippen molar-refractivity contribution in [3.8, 4) is 23.0 Å². The van der Waals surface area contributed by atoms with E-state index in [1.54, 1.807) is 56.8 Å². The maximum atomic E-state index is 12.4. The Bertz CT molecular complexity index is 917. The van der Waals surface area contributed by atoms with E-state index in [-0.39, 0.29) is 5.91 Å². The molecule has 2 heterocycles. The van der Waals surface area contributed by atoms with E-state index in [0.717, 1.165) is 5.56 Å². The Hall–Kier alpha value is -3.07. The summed E-state index contributed by atoms with van der Waals surface area (Å²) in [5, 5.41) is 10.7. The Kier molecular flexibility index (Phi) is 5.92. The fourth-order valence-electron chi connectivity index (χ4n) is 2.23. The van der Waals surface area contributed by atoms with Crippen molar-refractivity contribution >= 4 is 23.4 Å². The summed E-state index contributed by atoms with van der Waals surface area (Å²) in [5.41, 5.74) is 1.37. The number of benzene rings is 1. The van der Waals surface area contributed by atoms with Crippen molar-refractivity contribution < 1.29 is 18.7 Å². The number of aromatic nitrogens is 3. The van der Waals surface area contributed by atoms with Crippen molar-refractivity contribution in [2.45, 2.75) is 17.4 Å². The van der Waals surface area contributed by atoms with Gasteiger partial charge in [0.2, 0.25) is 11.8 Å². The smallest absolute Gasteiger partial charge is 0.277 e. The number of carbonyl (C=O) groups is 1. The molecule has 0 fully saturated rings. The summed E-state index contributed by atoms with van der Waals surface area (Å²) in [4.78, 5) is 16.4. The third-order valence-electron chi connectivity index (χ3n) is 3.63. The fourth-order valence-corrected chi connectivity index (χ4v) is 2.91. The standard InChI is InChI=1S/C18H18N4O4S/c1-11(16(23)20-13-4-5-14(24-2)15(10-13)25-3)27-18-22-21-17(26-18)12-6-8-19-9-7-12/h4-11H,1-3H3,(H,20,23)/t11-/m0/s1. The second kappa shape index (κ2) is 8.54. The maximum Gasteiger partial charge on any atom is 0.277 e. The summed E-state index contributed by atoms with van der Waals surface area (Å²) >= 11 is 1.18. The number of thioether (sulfide) groups is 1. The lowest BCUT2D eigenvalue weighted by molar-refractivity contribution is -0.115. The van der Waals surface area contributed by atoms with Crippen molar-refractivity contribution in [2.75, 3.05) is 19.5 Å². The third kappa shape index (κ3) is 4.56. The molecule has 0 saturated heterocycles. The molecule has 0 radical (unpaired) electrons. The topological polar surface area (TPSA) is 99.4 Å². The summed E-state index contributed by atoms with van der Waals surface area (Å²) in [7, 11) is 3.09.